The Morgan fingerprint density at radius 2 is 2.19 bits per heavy atom. The first kappa shape index (κ1) is 11.4. The molecule has 1 N–H and O–H groups in total. The number of hydrogen-bond donors (Lipinski definition) is 1. The summed E-state index contributed by atoms with van der Waals surface area (Å²) >= 11 is 0. The molecule has 0 spiro atoms. The zero-order chi connectivity index (χ0) is 11.5. The molecule has 16 heavy (non-hydrogen) atoms. The van der Waals surface area contributed by atoms with Gasteiger partial charge in [0.05, 0.1) is 13.2 Å². The van der Waals surface area contributed by atoms with Gasteiger partial charge in [-0.25, -0.2) is 0 Å². The normalized spacial score (nSPS) is 15.9. The molecule has 1 aromatic rings. The van der Waals surface area contributed by atoms with E-state index in [0.717, 1.165) is 30.8 Å². The van der Waals surface area contributed by atoms with Gasteiger partial charge in [-0.3, -0.25) is 0 Å². The second-order valence-electron chi connectivity index (χ2n) is 4.31. The van der Waals surface area contributed by atoms with E-state index in [0.29, 0.717) is 6.61 Å². The average molecular weight is 221 g/mol. The maximum atomic E-state index is 9.31. The van der Waals surface area contributed by atoms with Crippen LogP contribution < -0.4 is 4.74 Å². The topological polar surface area (TPSA) is 32.7 Å². The van der Waals surface area contributed by atoms with E-state index in [1.54, 1.807) is 0 Å². The van der Waals surface area contributed by atoms with Crippen LogP contribution in [0.3, 0.4) is 0 Å². The number of aliphatic hydroxyl groups excluding tert-OH is 1. The van der Waals surface area contributed by atoms with Crippen molar-refractivity contribution in [3.8, 4) is 5.75 Å². The summed E-state index contributed by atoms with van der Waals surface area (Å²) in [6, 6.07) is 4.17. The number of hydrogen-bond acceptors (Lipinski definition) is 3. The lowest BCUT2D eigenvalue weighted by Gasteiger charge is -2.26. The summed E-state index contributed by atoms with van der Waals surface area (Å²) in [4.78, 5) is 2.30. The molecular formula is C13H19NO2. The highest BCUT2D eigenvalue weighted by molar-refractivity contribution is 5.43. The van der Waals surface area contributed by atoms with E-state index in [2.05, 4.69) is 24.1 Å². The maximum absolute atomic E-state index is 9.31. The van der Waals surface area contributed by atoms with Crippen LogP contribution in [0.25, 0.3) is 0 Å². The van der Waals surface area contributed by atoms with Crippen LogP contribution >= 0.6 is 0 Å². The van der Waals surface area contributed by atoms with Crippen LogP contribution in [0, 0.1) is 0 Å². The van der Waals surface area contributed by atoms with Crippen molar-refractivity contribution < 1.29 is 9.84 Å². The van der Waals surface area contributed by atoms with E-state index in [-0.39, 0.29) is 6.61 Å². The van der Waals surface area contributed by atoms with Crippen LogP contribution in [0.15, 0.2) is 12.1 Å². The molecule has 0 radical (unpaired) electrons. The highest BCUT2D eigenvalue weighted by atomic mass is 16.5. The van der Waals surface area contributed by atoms with Crippen molar-refractivity contribution in [1.29, 1.82) is 0 Å². The molecule has 0 aromatic heterocycles. The molecule has 0 fully saturated rings. The van der Waals surface area contributed by atoms with Gasteiger partial charge in [0, 0.05) is 18.7 Å². The third kappa shape index (κ3) is 2.20. The summed E-state index contributed by atoms with van der Waals surface area (Å²) in [5.74, 6) is 0.832. The van der Waals surface area contributed by atoms with Crippen LogP contribution in [-0.2, 0) is 19.6 Å². The summed E-state index contributed by atoms with van der Waals surface area (Å²) in [5, 5.41) is 9.31. The summed E-state index contributed by atoms with van der Waals surface area (Å²) in [6.45, 7) is 4.72. The van der Waals surface area contributed by atoms with Gasteiger partial charge in [-0.05, 0) is 43.7 Å². The average Bonchev–Trinajstić information content (AvgIpc) is 2.28. The fourth-order valence-corrected chi connectivity index (χ4v) is 2.19. The monoisotopic (exact) mass is 221 g/mol. The number of nitrogens with zero attached hydrogens (tertiary/aromatic N) is 1. The molecule has 0 aliphatic carbocycles. The van der Waals surface area contributed by atoms with Gasteiger partial charge >= 0.3 is 0 Å². The van der Waals surface area contributed by atoms with Gasteiger partial charge < -0.3 is 14.7 Å². The van der Waals surface area contributed by atoms with Gasteiger partial charge in [0.15, 0.2) is 0 Å². The lowest BCUT2D eigenvalue weighted by Crippen LogP contribution is -2.26. The molecule has 88 valence electrons. The molecule has 3 nitrogen and oxygen atoms in total. The Bertz CT molecular complexity index is 365. The van der Waals surface area contributed by atoms with Crippen LogP contribution in [0.1, 0.15) is 23.6 Å². The summed E-state index contributed by atoms with van der Waals surface area (Å²) < 4.78 is 5.55. The van der Waals surface area contributed by atoms with Crippen LogP contribution in [0.4, 0.5) is 0 Å². The number of benzene rings is 1. The Morgan fingerprint density at radius 3 is 2.88 bits per heavy atom. The molecule has 0 saturated carbocycles. The predicted molar refractivity (Wildman–Crippen MR) is 63.6 cm³/mol. The minimum atomic E-state index is 0.0540. The van der Waals surface area contributed by atoms with Gasteiger partial charge in [-0.2, -0.15) is 0 Å². The van der Waals surface area contributed by atoms with E-state index in [9.17, 15) is 5.11 Å². The third-order valence-corrected chi connectivity index (χ3v) is 3.06. The molecule has 1 aliphatic heterocycles. The van der Waals surface area contributed by atoms with E-state index in [1.165, 1.54) is 11.1 Å². The smallest absolute Gasteiger partial charge is 0.125 e. The minimum absolute atomic E-state index is 0.0540. The molecule has 2 rings (SSSR count). The number of likely N-dealkylation sites (N-methyl/N-ethyl adjacent to an activating group) is 1. The van der Waals surface area contributed by atoms with Crippen molar-refractivity contribution >= 4 is 0 Å². The van der Waals surface area contributed by atoms with Crippen molar-refractivity contribution in [3.05, 3.63) is 28.8 Å². The van der Waals surface area contributed by atoms with Gasteiger partial charge in [-0.1, -0.05) is 0 Å². The quantitative estimate of drug-likeness (QED) is 0.841. The fourth-order valence-electron chi connectivity index (χ4n) is 2.19. The highest BCUT2D eigenvalue weighted by Gasteiger charge is 2.16. The Morgan fingerprint density at radius 1 is 1.38 bits per heavy atom. The molecule has 1 aromatic carbocycles. The van der Waals surface area contributed by atoms with Crippen molar-refractivity contribution in [2.24, 2.45) is 0 Å². The Balaban J connectivity index is 2.36. The van der Waals surface area contributed by atoms with Crippen LogP contribution in [0.5, 0.6) is 5.75 Å². The van der Waals surface area contributed by atoms with E-state index in [4.69, 9.17) is 4.74 Å². The summed E-state index contributed by atoms with van der Waals surface area (Å²) in [7, 11) is 2.13. The second kappa shape index (κ2) is 4.85. The fraction of sp³-hybridized carbons (Fsp3) is 0.538. The van der Waals surface area contributed by atoms with Gasteiger partial charge in [-0.15, -0.1) is 0 Å². The zero-order valence-corrected chi connectivity index (χ0v) is 9.99. The molecule has 1 heterocycles. The van der Waals surface area contributed by atoms with Crippen molar-refractivity contribution in [2.45, 2.75) is 26.5 Å². The summed E-state index contributed by atoms with van der Waals surface area (Å²) in [6.07, 6.45) is 1.06. The van der Waals surface area contributed by atoms with Crippen molar-refractivity contribution in [3.63, 3.8) is 0 Å². The number of fused-ring (bicyclic) bond motifs is 1. The third-order valence-electron chi connectivity index (χ3n) is 3.06. The van der Waals surface area contributed by atoms with E-state index >= 15 is 0 Å². The molecule has 0 unspecified atom stereocenters. The van der Waals surface area contributed by atoms with Crippen molar-refractivity contribution in [1.82, 2.24) is 4.90 Å². The minimum Gasteiger partial charge on any atom is -0.493 e. The van der Waals surface area contributed by atoms with Crippen LogP contribution in [0.2, 0.25) is 0 Å². The molecule has 3 heteroatoms. The maximum Gasteiger partial charge on any atom is 0.125 e. The van der Waals surface area contributed by atoms with Crippen molar-refractivity contribution in [2.75, 3.05) is 20.2 Å². The van der Waals surface area contributed by atoms with Gasteiger partial charge in [0.1, 0.15) is 5.75 Å². The number of rotatable bonds is 3. The van der Waals surface area contributed by atoms with Gasteiger partial charge in [0.2, 0.25) is 0 Å². The zero-order valence-electron chi connectivity index (χ0n) is 9.99. The standard InChI is InChI=1S/C13H19NO2/c1-3-16-13-7-11-8-14(2)5-4-10(11)6-12(13)9-15/h6-7,15H,3-5,8-9H2,1-2H3. The van der Waals surface area contributed by atoms with E-state index in [1.807, 2.05) is 6.92 Å². The Hall–Kier alpha value is -1.06. The molecule has 0 amide bonds. The first-order valence-corrected chi connectivity index (χ1v) is 5.81. The summed E-state index contributed by atoms with van der Waals surface area (Å²) in [5.41, 5.74) is 3.59. The number of ether oxygens (including phenoxy) is 1. The van der Waals surface area contributed by atoms with E-state index < -0.39 is 0 Å². The first-order valence-electron chi connectivity index (χ1n) is 5.81. The molecular weight excluding hydrogens is 202 g/mol. The Kier molecular flexibility index (Phi) is 3.46. The first-order chi connectivity index (χ1) is 7.74. The largest absolute Gasteiger partial charge is 0.493 e. The van der Waals surface area contributed by atoms with Gasteiger partial charge in [0.25, 0.3) is 0 Å². The lowest BCUT2D eigenvalue weighted by molar-refractivity contribution is 0.265. The highest BCUT2D eigenvalue weighted by Crippen LogP contribution is 2.27. The lowest BCUT2D eigenvalue weighted by atomic mass is 9.97. The molecule has 1 aliphatic rings. The molecule has 0 saturated heterocycles. The Labute approximate surface area is 96.6 Å². The van der Waals surface area contributed by atoms with Crippen LogP contribution in [-0.4, -0.2) is 30.2 Å². The predicted octanol–water partition coefficient (Wildman–Crippen LogP) is 1.57. The molecule has 0 bridgehead atoms. The molecule has 0 atom stereocenters. The SMILES string of the molecule is CCOc1cc2c(cc1CO)CCN(C)C2. The second-order valence-corrected chi connectivity index (χ2v) is 4.31. The number of aliphatic hydroxyl groups is 1.